The average Bonchev–Trinajstić information content (AvgIpc) is 2.87. The van der Waals surface area contributed by atoms with Crippen molar-refractivity contribution in [1.82, 2.24) is 14.5 Å². The van der Waals surface area contributed by atoms with Gasteiger partial charge in [0.15, 0.2) is 0 Å². The molecule has 148 valence electrons. The molecule has 1 aromatic heterocycles. The highest BCUT2D eigenvalue weighted by Gasteiger charge is 2.24. The highest BCUT2D eigenvalue weighted by molar-refractivity contribution is 7.89. The fourth-order valence-electron chi connectivity index (χ4n) is 3.15. The lowest BCUT2D eigenvalue weighted by molar-refractivity contribution is -0.114. The van der Waals surface area contributed by atoms with Gasteiger partial charge in [-0.2, -0.15) is 5.10 Å². The smallest absolute Gasteiger partial charge is 0.241 e. The van der Waals surface area contributed by atoms with Crippen LogP contribution in [0.15, 0.2) is 23.1 Å². The normalized spacial score (nSPS) is 12.7. The fourth-order valence-corrected chi connectivity index (χ4v) is 4.39. The van der Waals surface area contributed by atoms with Gasteiger partial charge in [0.2, 0.25) is 15.9 Å². The van der Waals surface area contributed by atoms with E-state index in [-0.39, 0.29) is 10.8 Å². The number of carbonyl (C=O) groups excluding carboxylic acids is 1. The maximum atomic E-state index is 12.9. The lowest BCUT2D eigenvalue weighted by atomic mass is 10.1. The van der Waals surface area contributed by atoms with Gasteiger partial charge in [-0.05, 0) is 45.9 Å². The van der Waals surface area contributed by atoms with Gasteiger partial charge in [0, 0.05) is 30.8 Å². The molecular formula is C18H26N4O4S. The minimum atomic E-state index is -3.82. The first-order chi connectivity index (χ1) is 12.6. The van der Waals surface area contributed by atoms with Gasteiger partial charge in [0.25, 0.3) is 0 Å². The largest absolute Gasteiger partial charge is 0.495 e. The molecule has 2 rings (SSSR count). The molecule has 9 heteroatoms. The van der Waals surface area contributed by atoms with Crippen molar-refractivity contribution < 1.29 is 17.9 Å². The summed E-state index contributed by atoms with van der Waals surface area (Å²) in [5.74, 6) is 0.0653. The summed E-state index contributed by atoms with van der Waals surface area (Å²) in [4.78, 5) is 11.4. The van der Waals surface area contributed by atoms with E-state index in [9.17, 15) is 13.2 Å². The van der Waals surface area contributed by atoms with Gasteiger partial charge in [-0.1, -0.05) is 0 Å². The molecular weight excluding hydrogens is 368 g/mol. The lowest BCUT2D eigenvalue weighted by Crippen LogP contribution is -2.27. The summed E-state index contributed by atoms with van der Waals surface area (Å²) in [6, 6.07) is 3.87. The van der Waals surface area contributed by atoms with Crippen molar-refractivity contribution in [2.45, 2.75) is 52.1 Å². The van der Waals surface area contributed by atoms with Crippen molar-refractivity contribution in [3.8, 4) is 5.75 Å². The van der Waals surface area contributed by atoms with Crippen LogP contribution >= 0.6 is 0 Å². The van der Waals surface area contributed by atoms with Gasteiger partial charge in [-0.15, -0.1) is 0 Å². The first-order valence-corrected chi connectivity index (χ1v) is 10.1. The first-order valence-electron chi connectivity index (χ1n) is 8.62. The molecule has 0 radical (unpaired) electrons. The van der Waals surface area contributed by atoms with Crippen LogP contribution in [0.3, 0.4) is 0 Å². The Balaban J connectivity index is 2.36. The number of aryl methyl sites for hydroxylation is 2. The van der Waals surface area contributed by atoms with Crippen LogP contribution in [0, 0.1) is 13.8 Å². The van der Waals surface area contributed by atoms with Crippen molar-refractivity contribution in [2.24, 2.45) is 0 Å². The van der Waals surface area contributed by atoms with Crippen molar-refractivity contribution >= 4 is 21.6 Å². The number of anilines is 1. The number of hydrogen-bond donors (Lipinski definition) is 2. The molecule has 0 bridgehead atoms. The molecule has 0 saturated heterocycles. The third-order valence-electron chi connectivity index (χ3n) is 4.29. The third-order valence-corrected chi connectivity index (χ3v) is 5.83. The van der Waals surface area contributed by atoms with E-state index >= 15 is 0 Å². The third kappa shape index (κ3) is 4.48. The van der Waals surface area contributed by atoms with Crippen LogP contribution in [0.5, 0.6) is 5.75 Å². The Bertz CT molecular complexity index is 951. The Morgan fingerprint density at radius 2 is 2.00 bits per heavy atom. The number of benzene rings is 1. The zero-order valence-electron chi connectivity index (χ0n) is 16.5. The molecule has 0 aliphatic rings. The van der Waals surface area contributed by atoms with Crippen LogP contribution in [-0.4, -0.2) is 31.2 Å². The highest BCUT2D eigenvalue weighted by Crippen LogP contribution is 2.29. The van der Waals surface area contributed by atoms with E-state index in [2.05, 4.69) is 15.1 Å². The van der Waals surface area contributed by atoms with Crippen molar-refractivity contribution in [1.29, 1.82) is 0 Å². The quantitative estimate of drug-likeness (QED) is 0.751. The number of hydrogen-bond acceptors (Lipinski definition) is 5. The predicted molar refractivity (Wildman–Crippen MR) is 103 cm³/mol. The SMILES string of the molecule is CCn1nc(C)c([C@H](C)NS(=O)(=O)c2ccc(OC)c(NC(C)=O)c2)c1C. The molecule has 8 nitrogen and oxygen atoms in total. The molecule has 0 spiro atoms. The van der Waals surface area contributed by atoms with E-state index in [0.29, 0.717) is 18.0 Å². The maximum absolute atomic E-state index is 12.9. The minimum absolute atomic E-state index is 0.0390. The van der Waals surface area contributed by atoms with Crippen molar-refractivity contribution in [3.05, 3.63) is 35.2 Å². The molecule has 1 aromatic carbocycles. The molecule has 1 atom stereocenters. The number of ether oxygens (including phenoxy) is 1. The number of aromatic nitrogens is 2. The summed E-state index contributed by atoms with van der Waals surface area (Å²) in [6.07, 6.45) is 0. The van der Waals surface area contributed by atoms with E-state index in [0.717, 1.165) is 17.0 Å². The van der Waals surface area contributed by atoms with Gasteiger partial charge < -0.3 is 10.1 Å². The second-order valence-electron chi connectivity index (χ2n) is 6.29. The molecule has 0 saturated carbocycles. The number of amides is 1. The Morgan fingerprint density at radius 1 is 1.33 bits per heavy atom. The highest BCUT2D eigenvalue weighted by atomic mass is 32.2. The zero-order chi connectivity index (χ0) is 20.4. The van der Waals surface area contributed by atoms with Crippen LogP contribution in [0.25, 0.3) is 0 Å². The Hall–Kier alpha value is -2.39. The standard InChI is InChI=1S/C18H26N4O4S/c1-7-22-13(4)18(11(2)20-22)12(3)21-27(24,25)15-8-9-17(26-6)16(10-15)19-14(5)23/h8-10,12,21H,7H2,1-6H3,(H,19,23)/t12-/m0/s1. The molecule has 0 fully saturated rings. The summed E-state index contributed by atoms with van der Waals surface area (Å²) in [5, 5.41) is 7.02. The predicted octanol–water partition coefficient (Wildman–Crippen LogP) is 2.53. The molecule has 27 heavy (non-hydrogen) atoms. The van der Waals surface area contributed by atoms with E-state index in [4.69, 9.17) is 4.74 Å². The lowest BCUT2D eigenvalue weighted by Gasteiger charge is -2.17. The van der Waals surface area contributed by atoms with Crippen LogP contribution in [0.4, 0.5) is 5.69 Å². The Morgan fingerprint density at radius 3 is 2.52 bits per heavy atom. The molecule has 2 aromatic rings. The van der Waals surface area contributed by atoms with Crippen LogP contribution in [0.1, 0.15) is 43.8 Å². The van der Waals surface area contributed by atoms with Gasteiger partial charge >= 0.3 is 0 Å². The Labute approximate surface area is 160 Å². The number of carbonyl (C=O) groups is 1. The summed E-state index contributed by atoms with van der Waals surface area (Å²) in [5.41, 5.74) is 2.87. The first kappa shape index (κ1) is 20.9. The van der Waals surface area contributed by atoms with Gasteiger partial charge in [-0.25, -0.2) is 13.1 Å². The molecule has 0 aliphatic carbocycles. The summed E-state index contributed by atoms with van der Waals surface area (Å²) >= 11 is 0. The molecule has 2 N–H and O–H groups in total. The number of sulfonamides is 1. The zero-order valence-corrected chi connectivity index (χ0v) is 17.3. The van der Waals surface area contributed by atoms with E-state index in [1.165, 1.54) is 32.2 Å². The van der Waals surface area contributed by atoms with E-state index < -0.39 is 16.1 Å². The van der Waals surface area contributed by atoms with Crippen LogP contribution < -0.4 is 14.8 Å². The van der Waals surface area contributed by atoms with E-state index in [1.54, 1.807) is 6.92 Å². The molecule has 1 amide bonds. The van der Waals surface area contributed by atoms with Gasteiger partial charge in [0.1, 0.15) is 5.75 Å². The number of nitrogens with one attached hydrogen (secondary N) is 2. The van der Waals surface area contributed by atoms with Crippen LogP contribution in [0.2, 0.25) is 0 Å². The fraction of sp³-hybridized carbons (Fsp3) is 0.444. The maximum Gasteiger partial charge on any atom is 0.241 e. The second kappa shape index (κ2) is 8.10. The molecule has 0 aliphatic heterocycles. The summed E-state index contributed by atoms with van der Waals surface area (Å²) < 4.78 is 35.4. The van der Waals surface area contributed by atoms with Gasteiger partial charge in [-0.3, -0.25) is 9.48 Å². The second-order valence-corrected chi connectivity index (χ2v) is 8.00. The summed E-state index contributed by atoms with van der Waals surface area (Å²) in [6.45, 7) is 9.61. The number of methoxy groups -OCH3 is 1. The Kier molecular flexibility index (Phi) is 6.27. The van der Waals surface area contributed by atoms with Crippen molar-refractivity contribution in [3.63, 3.8) is 0 Å². The van der Waals surface area contributed by atoms with E-state index in [1.807, 2.05) is 25.5 Å². The number of rotatable bonds is 7. The minimum Gasteiger partial charge on any atom is -0.495 e. The number of nitrogens with zero attached hydrogens (tertiary/aromatic N) is 2. The monoisotopic (exact) mass is 394 g/mol. The van der Waals surface area contributed by atoms with Crippen LogP contribution in [-0.2, 0) is 21.4 Å². The molecule has 0 unspecified atom stereocenters. The molecule has 1 heterocycles. The average molecular weight is 394 g/mol. The van der Waals surface area contributed by atoms with Gasteiger partial charge in [0.05, 0.1) is 23.4 Å². The summed E-state index contributed by atoms with van der Waals surface area (Å²) in [7, 11) is -2.37. The topological polar surface area (TPSA) is 102 Å². The van der Waals surface area contributed by atoms with Crippen molar-refractivity contribution in [2.75, 3.05) is 12.4 Å².